The van der Waals surface area contributed by atoms with E-state index in [9.17, 15) is 14.4 Å². The number of halogens is 1. The standard InChI is InChI=1S/C19H18ClN3O5/c1-19(2)16(24)14-12(20)9-10-13(15(14)28-19)21-17(25)22-23(3)18(26)27-11-7-5-4-6-8-11/h4-10H,1-3H3,(H2,21,22,25). The molecule has 8 nitrogen and oxygen atoms in total. The first-order valence-electron chi connectivity index (χ1n) is 8.33. The highest BCUT2D eigenvalue weighted by atomic mass is 35.5. The second kappa shape index (κ2) is 7.40. The molecule has 3 rings (SSSR count). The molecular formula is C19H18ClN3O5. The summed E-state index contributed by atoms with van der Waals surface area (Å²) in [5.74, 6) is 0.249. The average molecular weight is 404 g/mol. The van der Waals surface area contributed by atoms with Crippen molar-refractivity contribution in [2.45, 2.75) is 19.4 Å². The van der Waals surface area contributed by atoms with Crippen molar-refractivity contribution in [1.82, 2.24) is 10.4 Å². The van der Waals surface area contributed by atoms with E-state index in [1.165, 1.54) is 19.2 Å². The van der Waals surface area contributed by atoms with Crippen LogP contribution in [0.3, 0.4) is 0 Å². The fraction of sp³-hybridized carbons (Fsp3) is 0.211. The maximum Gasteiger partial charge on any atom is 0.433 e. The largest absolute Gasteiger partial charge is 0.477 e. The van der Waals surface area contributed by atoms with Crippen molar-refractivity contribution in [2.75, 3.05) is 12.4 Å². The summed E-state index contributed by atoms with van der Waals surface area (Å²) < 4.78 is 10.8. The van der Waals surface area contributed by atoms with Crippen molar-refractivity contribution in [2.24, 2.45) is 0 Å². The SMILES string of the molecule is CN(NC(=O)Nc1ccc(Cl)c2c1OC(C)(C)C2=O)C(=O)Oc1ccccc1. The molecule has 1 heterocycles. The third-order valence-corrected chi connectivity index (χ3v) is 4.29. The number of ether oxygens (including phenoxy) is 2. The smallest absolute Gasteiger partial charge is 0.433 e. The molecule has 0 saturated heterocycles. The first-order chi connectivity index (χ1) is 13.2. The minimum absolute atomic E-state index is 0.187. The summed E-state index contributed by atoms with van der Waals surface area (Å²) in [7, 11) is 1.33. The minimum Gasteiger partial charge on any atom is -0.477 e. The zero-order valence-corrected chi connectivity index (χ0v) is 16.2. The summed E-state index contributed by atoms with van der Waals surface area (Å²) >= 11 is 6.10. The monoisotopic (exact) mass is 403 g/mol. The third kappa shape index (κ3) is 3.86. The van der Waals surface area contributed by atoms with E-state index in [2.05, 4.69) is 10.7 Å². The zero-order chi connectivity index (χ0) is 20.5. The van der Waals surface area contributed by atoms with E-state index in [0.717, 1.165) is 5.01 Å². The van der Waals surface area contributed by atoms with Gasteiger partial charge >= 0.3 is 12.1 Å². The molecule has 2 N–H and O–H groups in total. The summed E-state index contributed by atoms with van der Waals surface area (Å²) in [4.78, 5) is 36.7. The van der Waals surface area contributed by atoms with Crippen LogP contribution in [0.1, 0.15) is 24.2 Å². The van der Waals surface area contributed by atoms with Crippen LogP contribution < -0.4 is 20.2 Å². The fourth-order valence-electron chi connectivity index (χ4n) is 2.58. The minimum atomic E-state index is -1.09. The Labute approximate surface area is 166 Å². The lowest BCUT2D eigenvalue weighted by atomic mass is 9.99. The number of urea groups is 1. The summed E-state index contributed by atoms with van der Waals surface area (Å²) in [6, 6.07) is 10.7. The predicted molar refractivity (Wildman–Crippen MR) is 103 cm³/mol. The van der Waals surface area contributed by atoms with Crippen LogP contribution in [0.2, 0.25) is 5.02 Å². The maximum atomic E-state index is 12.4. The summed E-state index contributed by atoms with van der Waals surface area (Å²) in [6.07, 6.45) is -0.782. The number of carbonyl (C=O) groups excluding carboxylic acids is 3. The third-order valence-electron chi connectivity index (χ3n) is 3.98. The lowest BCUT2D eigenvalue weighted by Gasteiger charge is -2.19. The van der Waals surface area contributed by atoms with Crippen LogP contribution in [-0.2, 0) is 0 Å². The number of nitrogens with one attached hydrogen (secondary N) is 2. The van der Waals surface area contributed by atoms with Gasteiger partial charge in [-0.1, -0.05) is 29.8 Å². The van der Waals surface area contributed by atoms with Crippen LogP contribution in [0.25, 0.3) is 0 Å². The van der Waals surface area contributed by atoms with Crippen LogP contribution in [-0.4, -0.2) is 35.6 Å². The molecule has 0 unspecified atom stereocenters. The molecule has 28 heavy (non-hydrogen) atoms. The molecule has 1 aliphatic heterocycles. The van der Waals surface area contributed by atoms with Gasteiger partial charge in [0.25, 0.3) is 0 Å². The predicted octanol–water partition coefficient (Wildman–Crippen LogP) is 3.86. The van der Waals surface area contributed by atoms with Crippen LogP contribution >= 0.6 is 11.6 Å². The second-order valence-electron chi connectivity index (χ2n) is 6.55. The Balaban J connectivity index is 1.68. The molecule has 3 amide bonds. The number of rotatable bonds is 2. The first-order valence-corrected chi connectivity index (χ1v) is 8.71. The molecule has 146 valence electrons. The van der Waals surface area contributed by atoms with Gasteiger partial charge in [-0.3, -0.25) is 4.79 Å². The van der Waals surface area contributed by atoms with E-state index in [1.807, 2.05) is 0 Å². The Hall–Kier alpha value is -3.26. The lowest BCUT2D eigenvalue weighted by Crippen LogP contribution is -2.46. The molecule has 0 fully saturated rings. The van der Waals surface area contributed by atoms with Gasteiger partial charge in [-0.15, -0.1) is 0 Å². The quantitative estimate of drug-likeness (QED) is 0.742. The van der Waals surface area contributed by atoms with Crippen molar-refractivity contribution in [3.05, 3.63) is 53.1 Å². The van der Waals surface area contributed by atoms with Gasteiger partial charge in [0.1, 0.15) is 5.75 Å². The highest BCUT2D eigenvalue weighted by molar-refractivity contribution is 6.35. The van der Waals surface area contributed by atoms with Crippen LogP contribution in [0, 0.1) is 0 Å². The average Bonchev–Trinajstić information content (AvgIpc) is 2.89. The number of carbonyl (C=O) groups is 3. The van der Waals surface area contributed by atoms with Gasteiger partial charge in [0.2, 0.25) is 5.78 Å². The van der Waals surface area contributed by atoms with Gasteiger partial charge in [0.05, 0.1) is 16.3 Å². The van der Waals surface area contributed by atoms with E-state index in [4.69, 9.17) is 21.1 Å². The Morgan fingerprint density at radius 1 is 1.14 bits per heavy atom. The maximum absolute atomic E-state index is 12.4. The number of para-hydroxylation sites is 1. The van der Waals surface area contributed by atoms with Crippen LogP contribution in [0.5, 0.6) is 11.5 Å². The summed E-state index contributed by atoms with van der Waals surface area (Å²) in [6.45, 7) is 3.23. The van der Waals surface area contributed by atoms with Crippen LogP contribution in [0.15, 0.2) is 42.5 Å². The fourth-order valence-corrected chi connectivity index (χ4v) is 2.82. The number of ketones is 1. The highest BCUT2D eigenvalue weighted by Gasteiger charge is 2.42. The Morgan fingerprint density at radius 3 is 2.50 bits per heavy atom. The van der Waals surface area contributed by atoms with Gasteiger partial charge < -0.3 is 14.8 Å². The van der Waals surface area contributed by atoms with E-state index in [1.54, 1.807) is 44.2 Å². The molecule has 1 aliphatic rings. The first kappa shape index (κ1) is 19.5. The zero-order valence-electron chi connectivity index (χ0n) is 15.4. The molecule has 9 heteroatoms. The molecule has 0 spiro atoms. The van der Waals surface area contributed by atoms with Crippen molar-refractivity contribution in [3.63, 3.8) is 0 Å². The molecule has 0 saturated carbocycles. The molecule has 0 aliphatic carbocycles. The van der Waals surface area contributed by atoms with Gasteiger partial charge in [-0.2, -0.15) is 0 Å². The van der Waals surface area contributed by atoms with E-state index in [-0.39, 0.29) is 27.8 Å². The van der Waals surface area contributed by atoms with Crippen molar-refractivity contribution in [1.29, 1.82) is 0 Å². The Kier molecular flexibility index (Phi) is 5.15. The lowest BCUT2D eigenvalue weighted by molar-refractivity contribution is 0.0686. The molecule has 0 bridgehead atoms. The molecule has 0 aromatic heterocycles. The summed E-state index contributed by atoms with van der Waals surface area (Å²) in [5.41, 5.74) is 1.69. The van der Waals surface area contributed by atoms with Gasteiger partial charge in [0.15, 0.2) is 11.4 Å². The Bertz CT molecular complexity index is 946. The molecule has 2 aromatic carbocycles. The number of Topliss-reactive ketones (excluding diaryl/α,β-unsaturated/α-hetero) is 1. The number of anilines is 1. The topological polar surface area (TPSA) is 97.0 Å². The van der Waals surface area contributed by atoms with Crippen LogP contribution in [0.4, 0.5) is 15.3 Å². The van der Waals surface area contributed by atoms with Crippen molar-refractivity contribution in [3.8, 4) is 11.5 Å². The van der Waals surface area contributed by atoms with E-state index in [0.29, 0.717) is 5.75 Å². The Morgan fingerprint density at radius 2 is 1.82 bits per heavy atom. The van der Waals surface area contributed by atoms with E-state index < -0.39 is 17.7 Å². The van der Waals surface area contributed by atoms with E-state index >= 15 is 0 Å². The molecule has 2 aromatic rings. The number of amides is 3. The number of hydrazine groups is 1. The summed E-state index contributed by atoms with van der Waals surface area (Å²) in [5, 5.41) is 3.66. The molecule has 0 atom stereocenters. The van der Waals surface area contributed by atoms with Gasteiger partial charge in [-0.05, 0) is 38.1 Å². The van der Waals surface area contributed by atoms with Crippen molar-refractivity contribution >= 4 is 35.2 Å². The molecule has 0 radical (unpaired) electrons. The number of hydrogen-bond donors (Lipinski definition) is 2. The molecular weight excluding hydrogens is 386 g/mol. The number of nitrogens with zero attached hydrogens (tertiary/aromatic N) is 1. The number of hydrogen-bond acceptors (Lipinski definition) is 5. The van der Waals surface area contributed by atoms with Gasteiger partial charge in [-0.25, -0.2) is 20.0 Å². The second-order valence-corrected chi connectivity index (χ2v) is 6.95. The van der Waals surface area contributed by atoms with Crippen molar-refractivity contribution < 1.29 is 23.9 Å². The normalized spacial score (nSPS) is 13.9. The van der Waals surface area contributed by atoms with Gasteiger partial charge in [0, 0.05) is 7.05 Å². The number of benzene rings is 2. The number of fused-ring (bicyclic) bond motifs is 1. The highest BCUT2D eigenvalue weighted by Crippen LogP contribution is 2.44.